The van der Waals surface area contributed by atoms with Gasteiger partial charge in [0.2, 0.25) is 5.66 Å². The van der Waals surface area contributed by atoms with Crippen LogP contribution in [0, 0.1) is 0 Å². The molecule has 0 unspecified atom stereocenters. The smallest absolute Gasteiger partial charge is 0.354 e. The quantitative estimate of drug-likeness (QED) is 0.122. The first kappa shape index (κ1) is 39.1. The van der Waals surface area contributed by atoms with Crippen molar-refractivity contribution in [1.82, 2.24) is 9.55 Å². The summed E-state index contributed by atoms with van der Waals surface area (Å²) >= 11 is 0. The first-order chi connectivity index (χ1) is 25.2. The van der Waals surface area contributed by atoms with Gasteiger partial charge in [0.15, 0.2) is 5.69 Å². The molecule has 0 saturated heterocycles. The van der Waals surface area contributed by atoms with Crippen LogP contribution in [0.5, 0.6) is 0 Å². The van der Waals surface area contributed by atoms with Crippen molar-refractivity contribution < 1.29 is 26.0 Å². The minimum Gasteiger partial charge on any atom is -0.477 e. The number of hydrogen-bond acceptors (Lipinski definition) is 7. The molecule has 0 spiro atoms. The summed E-state index contributed by atoms with van der Waals surface area (Å²) in [7, 11) is 0. The number of aliphatic hydroxyl groups is 1. The highest BCUT2D eigenvalue weighted by molar-refractivity contribution is 5.87. The monoisotopic (exact) mass is 724 g/mol. The average Bonchev–Trinajstić information content (AvgIpc) is 3.81. The lowest BCUT2D eigenvalue weighted by Gasteiger charge is -2.45. The second-order valence-corrected chi connectivity index (χ2v) is 13.6. The fraction of sp³-hybridized carbons (Fsp3) is 0.209. The second kappa shape index (κ2) is 15.8. The Balaban J connectivity index is 0.00000280. The zero-order chi connectivity index (χ0) is 36.3. The van der Waals surface area contributed by atoms with Gasteiger partial charge in [0, 0.05) is 18.5 Å². The lowest BCUT2D eigenvalue weighted by atomic mass is 9.59. The number of carboxylic acids is 1. The Morgan fingerprint density at radius 2 is 1.19 bits per heavy atom. The Hall–Kier alpha value is -6.14. The van der Waals surface area contributed by atoms with Gasteiger partial charge in [-0.25, -0.2) is 9.78 Å². The summed E-state index contributed by atoms with van der Waals surface area (Å²) in [6.07, 6.45) is 1.36. The topological polar surface area (TPSA) is 188 Å². The van der Waals surface area contributed by atoms with E-state index in [9.17, 15) is 15.0 Å². The number of benzene rings is 5. The summed E-state index contributed by atoms with van der Waals surface area (Å²) < 4.78 is 1.71. The maximum atomic E-state index is 12.5. The number of aromatic carboxylic acids is 1. The van der Waals surface area contributed by atoms with Crippen LogP contribution in [0.1, 0.15) is 77.0 Å². The summed E-state index contributed by atoms with van der Waals surface area (Å²) in [4.78, 5) is 17.1. The molecule has 1 aromatic heterocycles. The van der Waals surface area contributed by atoms with Crippen LogP contribution in [0.4, 0.5) is 0 Å². The summed E-state index contributed by atoms with van der Waals surface area (Å²) in [5.74, 6) is -0.495. The van der Waals surface area contributed by atoms with Gasteiger partial charge in [0.1, 0.15) is 17.1 Å². The third-order valence-electron chi connectivity index (χ3n) is 9.77. The number of imidazole rings is 1. The van der Waals surface area contributed by atoms with E-state index < -0.39 is 22.6 Å². The van der Waals surface area contributed by atoms with E-state index in [-0.39, 0.29) is 28.9 Å². The van der Waals surface area contributed by atoms with Crippen molar-refractivity contribution in [1.29, 1.82) is 0 Å². The largest absolute Gasteiger partial charge is 0.477 e. The van der Waals surface area contributed by atoms with Crippen LogP contribution in [0.15, 0.2) is 160 Å². The minimum absolute atomic E-state index is 0. The molecule has 5 aromatic carbocycles. The molecule has 6 N–H and O–H groups in total. The van der Waals surface area contributed by atoms with Crippen molar-refractivity contribution in [2.45, 2.75) is 56.8 Å². The maximum absolute atomic E-state index is 12.5. The number of nitrogens with zero attached hydrogens (tertiary/aromatic N) is 6. The van der Waals surface area contributed by atoms with E-state index >= 15 is 0 Å². The second-order valence-electron chi connectivity index (χ2n) is 13.6. The van der Waals surface area contributed by atoms with Crippen LogP contribution in [0.2, 0.25) is 0 Å². The first-order valence-electron chi connectivity index (χ1n) is 17.5. The van der Waals surface area contributed by atoms with Crippen molar-refractivity contribution in [3.8, 4) is 11.1 Å². The molecule has 0 atom stereocenters. The van der Waals surface area contributed by atoms with E-state index in [1.807, 2.05) is 97.9 Å². The fourth-order valence-electron chi connectivity index (χ4n) is 7.56. The third kappa shape index (κ3) is 6.64. The van der Waals surface area contributed by atoms with E-state index in [2.05, 4.69) is 64.0 Å². The molecule has 1 aliphatic rings. The maximum Gasteiger partial charge on any atom is 0.354 e. The van der Waals surface area contributed by atoms with Crippen LogP contribution in [-0.4, -0.2) is 36.7 Å². The van der Waals surface area contributed by atoms with Gasteiger partial charge in [-0.3, -0.25) is 0 Å². The summed E-state index contributed by atoms with van der Waals surface area (Å²) in [5.41, 5.74) is 2.96. The highest BCUT2D eigenvalue weighted by Gasteiger charge is 2.60. The van der Waals surface area contributed by atoms with Gasteiger partial charge in [0.25, 0.3) is 0 Å². The van der Waals surface area contributed by atoms with Crippen LogP contribution in [0.3, 0.4) is 0 Å². The molecule has 0 aliphatic carbocycles. The number of carboxylic acid groups (broad SMARTS) is 1. The average molecular weight is 725 g/mol. The zero-order valence-electron chi connectivity index (χ0n) is 30.4. The summed E-state index contributed by atoms with van der Waals surface area (Å²) in [5, 5.41) is 39.4. The molecule has 54 heavy (non-hydrogen) atoms. The molecule has 276 valence electrons. The molecule has 0 bridgehead atoms. The van der Waals surface area contributed by atoms with Crippen LogP contribution in [0.25, 0.3) is 11.1 Å². The number of aryl methyl sites for hydroxylation is 1. The van der Waals surface area contributed by atoms with Crippen molar-refractivity contribution in [2.24, 2.45) is 20.7 Å². The number of hydrogen-bond donors (Lipinski definition) is 2. The molecule has 0 fully saturated rings. The van der Waals surface area contributed by atoms with Gasteiger partial charge in [-0.2, -0.15) is 0 Å². The Morgan fingerprint density at radius 1 is 0.704 bits per heavy atom. The number of rotatable bonds is 12. The van der Waals surface area contributed by atoms with Gasteiger partial charge >= 0.3 is 5.97 Å². The van der Waals surface area contributed by atoms with E-state index in [4.69, 9.17) is 10.2 Å². The van der Waals surface area contributed by atoms with Crippen LogP contribution in [-0.2, 0) is 29.6 Å². The molecule has 2 heterocycles. The molecule has 6 aromatic rings. The van der Waals surface area contributed by atoms with Crippen LogP contribution >= 0.6 is 0 Å². The summed E-state index contributed by atoms with van der Waals surface area (Å²) in [6, 6.07) is 47.0. The molecular weight excluding hydrogens is 681 g/mol. The molecule has 11 nitrogen and oxygen atoms in total. The van der Waals surface area contributed by atoms with Gasteiger partial charge in [-0.1, -0.05) is 146 Å². The van der Waals surface area contributed by atoms with Crippen LogP contribution < -0.4 is 0 Å². The van der Waals surface area contributed by atoms with Crippen molar-refractivity contribution in [3.05, 3.63) is 185 Å². The van der Waals surface area contributed by atoms with Gasteiger partial charge in [0.05, 0.1) is 5.41 Å². The van der Waals surface area contributed by atoms with Gasteiger partial charge in [-0.15, -0.1) is 10.2 Å². The lowest BCUT2D eigenvalue weighted by molar-refractivity contribution is 0.0602. The highest BCUT2D eigenvalue weighted by Crippen LogP contribution is 2.58. The van der Waals surface area contributed by atoms with Crippen molar-refractivity contribution in [3.63, 3.8) is 0 Å². The van der Waals surface area contributed by atoms with Gasteiger partial charge < -0.3 is 25.7 Å². The Labute approximate surface area is 314 Å². The van der Waals surface area contributed by atoms with E-state index in [0.717, 1.165) is 45.4 Å². The van der Waals surface area contributed by atoms with E-state index in [1.165, 1.54) is 0 Å². The predicted molar refractivity (Wildman–Crippen MR) is 207 cm³/mol. The third-order valence-corrected chi connectivity index (χ3v) is 9.77. The molecule has 7 rings (SSSR count). The summed E-state index contributed by atoms with van der Waals surface area (Å²) in [6.45, 7) is 5.43. The molecule has 11 heteroatoms. The zero-order valence-corrected chi connectivity index (χ0v) is 30.4. The SMILES string of the molecule is CCCc1nc(C(C)(C)O)c(C(=O)O)n1Cc1ccc(-c2ccccc2C2(C(c3ccccc3)(c3ccccc3)c3ccccc3)N=NN=N2)cc1.O.O. The minimum atomic E-state index is -1.41. The Bertz CT molecular complexity index is 2140. The Morgan fingerprint density at radius 3 is 1.65 bits per heavy atom. The Kier molecular flexibility index (Phi) is 11.5. The standard InChI is InChI=1S/C43H40N6O3.2H2O/c1-4-16-37-44-39(41(2,3)52)38(40(50)51)49(37)29-30-25-27-31(28-26-30)35-23-14-15-24-36(35)43(45-47-48-46-43)42(32-17-8-5-9-18-32,33-19-10-6-11-20-33)34-21-12-7-13-22-34;;/h5-15,17-28,52H,4,16,29H2,1-3H3,(H,50,51);2*1H2. The first-order valence-corrected chi connectivity index (χ1v) is 17.5. The van der Waals surface area contributed by atoms with E-state index in [1.54, 1.807) is 18.4 Å². The molecule has 0 radical (unpaired) electrons. The molecule has 0 saturated carbocycles. The molecule has 0 amide bonds. The molecule has 1 aliphatic heterocycles. The van der Waals surface area contributed by atoms with Gasteiger partial charge in [-0.05, 0) is 64.1 Å². The van der Waals surface area contributed by atoms with E-state index in [0.29, 0.717) is 12.2 Å². The van der Waals surface area contributed by atoms with Crippen molar-refractivity contribution in [2.75, 3.05) is 0 Å². The highest BCUT2D eigenvalue weighted by atomic mass is 16.4. The number of carbonyl (C=O) groups is 1. The lowest BCUT2D eigenvalue weighted by Crippen LogP contribution is -2.48. The van der Waals surface area contributed by atoms with Crippen molar-refractivity contribution >= 4 is 5.97 Å². The molecular formula is C43H44N6O5. The normalized spacial score (nSPS) is 13.3. The fourth-order valence-corrected chi connectivity index (χ4v) is 7.56. The number of aromatic nitrogens is 2. The predicted octanol–water partition coefficient (Wildman–Crippen LogP) is 7.85.